The van der Waals surface area contributed by atoms with E-state index in [0.29, 0.717) is 4.32 Å². The Bertz CT molecular complexity index is 138. The first-order chi connectivity index (χ1) is 6.04. The van der Waals surface area contributed by atoms with Crippen molar-refractivity contribution in [3.05, 3.63) is 0 Å². The van der Waals surface area contributed by atoms with E-state index in [4.69, 9.17) is 0 Å². The van der Waals surface area contributed by atoms with Crippen molar-refractivity contribution in [1.82, 2.24) is 0 Å². The van der Waals surface area contributed by atoms with Crippen LogP contribution in [0.4, 0.5) is 0 Å². The van der Waals surface area contributed by atoms with Crippen LogP contribution in [0.25, 0.3) is 0 Å². The molecule has 0 N–H and O–H groups in total. The molecule has 0 radical (unpaired) electrons. The van der Waals surface area contributed by atoms with Gasteiger partial charge in [0, 0.05) is 4.32 Å². The van der Waals surface area contributed by atoms with E-state index in [2.05, 4.69) is 36.7 Å². The van der Waals surface area contributed by atoms with Crippen LogP contribution < -0.4 is 0 Å². The van der Waals surface area contributed by atoms with Crippen LogP contribution in [0.1, 0.15) is 59.3 Å². The zero-order chi connectivity index (χ0) is 9.90. The third-order valence-electron chi connectivity index (χ3n) is 3.51. The van der Waals surface area contributed by atoms with E-state index < -0.39 is 0 Å². The van der Waals surface area contributed by atoms with Crippen molar-refractivity contribution >= 4 is 15.9 Å². The van der Waals surface area contributed by atoms with E-state index in [1.54, 1.807) is 0 Å². The maximum absolute atomic E-state index is 3.80. The van der Waals surface area contributed by atoms with Crippen molar-refractivity contribution in [2.75, 3.05) is 0 Å². The van der Waals surface area contributed by atoms with Crippen LogP contribution >= 0.6 is 15.9 Å². The Hall–Kier alpha value is 0.480. The van der Waals surface area contributed by atoms with Gasteiger partial charge in [0.15, 0.2) is 0 Å². The molecule has 0 aliphatic heterocycles. The number of alkyl halides is 1. The first kappa shape index (κ1) is 11.6. The summed E-state index contributed by atoms with van der Waals surface area (Å²) in [6, 6.07) is 0. The fourth-order valence-corrected chi connectivity index (χ4v) is 3.00. The molecule has 1 aliphatic carbocycles. The van der Waals surface area contributed by atoms with Crippen molar-refractivity contribution < 1.29 is 0 Å². The fraction of sp³-hybridized carbons (Fsp3) is 1.00. The molecule has 0 amide bonds. The molecule has 1 rings (SSSR count). The summed E-state index contributed by atoms with van der Waals surface area (Å²) in [7, 11) is 0. The molecule has 13 heavy (non-hydrogen) atoms. The van der Waals surface area contributed by atoms with E-state index in [0.717, 1.165) is 11.8 Å². The van der Waals surface area contributed by atoms with Crippen LogP contribution in [0.2, 0.25) is 0 Å². The molecular weight excluding hydrogens is 224 g/mol. The summed E-state index contributed by atoms with van der Waals surface area (Å²) in [4.78, 5) is 0. The molecule has 0 aromatic rings. The summed E-state index contributed by atoms with van der Waals surface area (Å²) in [5, 5.41) is 0. The second-order valence-electron chi connectivity index (χ2n) is 5.07. The molecule has 1 saturated carbocycles. The summed E-state index contributed by atoms with van der Waals surface area (Å²) in [5.41, 5.74) is 0. The monoisotopic (exact) mass is 246 g/mol. The lowest BCUT2D eigenvalue weighted by molar-refractivity contribution is 0.234. The van der Waals surface area contributed by atoms with Gasteiger partial charge in [-0.05, 0) is 38.5 Å². The Morgan fingerprint density at radius 1 is 1.15 bits per heavy atom. The molecule has 0 nitrogen and oxygen atoms in total. The fourth-order valence-electron chi connectivity index (χ4n) is 2.55. The summed E-state index contributed by atoms with van der Waals surface area (Å²) in [6.45, 7) is 6.94. The Morgan fingerprint density at radius 3 is 2.08 bits per heavy atom. The smallest absolute Gasteiger partial charge is 0.0229 e. The SMILES string of the molecule is CCCC1CCC(C(C)(C)Br)CC1. The number of rotatable bonds is 3. The van der Waals surface area contributed by atoms with Gasteiger partial charge in [0.2, 0.25) is 0 Å². The molecule has 0 unspecified atom stereocenters. The Morgan fingerprint density at radius 2 is 1.69 bits per heavy atom. The highest BCUT2D eigenvalue weighted by Gasteiger charge is 2.30. The highest BCUT2D eigenvalue weighted by atomic mass is 79.9. The average molecular weight is 247 g/mol. The molecule has 1 aliphatic rings. The summed E-state index contributed by atoms with van der Waals surface area (Å²) < 4.78 is 0.365. The highest BCUT2D eigenvalue weighted by molar-refractivity contribution is 9.10. The third-order valence-corrected chi connectivity index (χ3v) is 4.16. The van der Waals surface area contributed by atoms with Crippen LogP contribution in [0.15, 0.2) is 0 Å². The van der Waals surface area contributed by atoms with E-state index >= 15 is 0 Å². The van der Waals surface area contributed by atoms with E-state index in [-0.39, 0.29) is 0 Å². The van der Waals surface area contributed by atoms with Gasteiger partial charge in [-0.2, -0.15) is 0 Å². The predicted molar refractivity (Wildman–Crippen MR) is 63.4 cm³/mol. The molecule has 0 aromatic carbocycles. The van der Waals surface area contributed by atoms with Gasteiger partial charge < -0.3 is 0 Å². The second-order valence-corrected chi connectivity index (χ2v) is 7.11. The molecular formula is C12H23Br. The number of hydrogen-bond acceptors (Lipinski definition) is 0. The number of halogens is 1. The second kappa shape index (κ2) is 4.82. The average Bonchev–Trinajstić information content (AvgIpc) is 2.04. The first-order valence-electron chi connectivity index (χ1n) is 5.73. The summed E-state index contributed by atoms with van der Waals surface area (Å²) in [5.74, 6) is 1.94. The number of hydrogen-bond donors (Lipinski definition) is 0. The molecule has 1 heteroatoms. The van der Waals surface area contributed by atoms with Gasteiger partial charge in [0.05, 0.1) is 0 Å². The van der Waals surface area contributed by atoms with Crippen LogP contribution in [0.3, 0.4) is 0 Å². The largest absolute Gasteiger partial charge is 0.0856 e. The molecule has 78 valence electrons. The van der Waals surface area contributed by atoms with Crippen molar-refractivity contribution in [1.29, 1.82) is 0 Å². The molecule has 1 fully saturated rings. The molecule has 0 saturated heterocycles. The molecule has 0 bridgehead atoms. The van der Waals surface area contributed by atoms with Gasteiger partial charge in [-0.25, -0.2) is 0 Å². The Labute approximate surface area is 91.6 Å². The van der Waals surface area contributed by atoms with Crippen molar-refractivity contribution in [3.8, 4) is 0 Å². The standard InChI is InChI=1S/C12H23Br/c1-4-5-10-6-8-11(9-7-10)12(2,3)13/h10-11H,4-9H2,1-3H3. The minimum absolute atomic E-state index is 0.365. The van der Waals surface area contributed by atoms with Crippen molar-refractivity contribution in [2.45, 2.75) is 63.6 Å². The van der Waals surface area contributed by atoms with E-state index in [1.807, 2.05) is 0 Å². The molecule has 0 heterocycles. The lowest BCUT2D eigenvalue weighted by Gasteiger charge is -2.35. The van der Waals surface area contributed by atoms with E-state index in [9.17, 15) is 0 Å². The zero-order valence-electron chi connectivity index (χ0n) is 9.28. The predicted octanol–water partition coefficient (Wildman–Crippen LogP) is 4.77. The minimum atomic E-state index is 0.365. The first-order valence-corrected chi connectivity index (χ1v) is 6.52. The van der Waals surface area contributed by atoms with Gasteiger partial charge in [-0.15, -0.1) is 0 Å². The van der Waals surface area contributed by atoms with Crippen molar-refractivity contribution in [2.24, 2.45) is 11.8 Å². The lowest BCUT2D eigenvalue weighted by Crippen LogP contribution is -2.28. The van der Waals surface area contributed by atoms with Gasteiger partial charge in [0.1, 0.15) is 0 Å². The van der Waals surface area contributed by atoms with E-state index in [1.165, 1.54) is 38.5 Å². The van der Waals surface area contributed by atoms with Gasteiger partial charge in [-0.3, -0.25) is 0 Å². The maximum Gasteiger partial charge on any atom is 0.0229 e. The Kier molecular flexibility index (Phi) is 4.28. The van der Waals surface area contributed by atoms with Crippen LogP contribution in [-0.4, -0.2) is 4.32 Å². The summed E-state index contributed by atoms with van der Waals surface area (Å²) in [6.07, 6.45) is 8.62. The molecule has 0 aromatic heterocycles. The van der Waals surface area contributed by atoms with Gasteiger partial charge >= 0.3 is 0 Å². The summed E-state index contributed by atoms with van der Waals surface area (Å²) >= 11 is 3.80. The minimum Gasteiger partial charge on any atom is -0.0856 e. The lowest BCUT2D eigenvalue weighted by atomic mass is 9.75. The quantitative estimate of drug-likeness (QED) is 0.630. The van der Waals surface area contributed by atoms with Crippen molar-refractivity contribution in [3.63, 3.8) is 0 Å². The maximum atomic E-state index is 3.80. The molecule has 0 atom stereocenters. The zero-order valence-corrected chi connectivity index (χ0v) is 10.9. The van der Waals surface area contributed by atoms with Gasteiger partial charge in [0.25, 0.3) is 0 Å². The topological polar surface area (TPSA) is 0 Å². The van der Waals surface area contributed by atoms with Crippen LogP contribution in [0.5, 0.6) is 0 Å². The van der Waals surface area contributed by atoms with Gasteiger partial charge in [-0.1, -0.05) is 48.5 Å². The third kappa shape index (κ3) is 3.61. The van der Waals surface area contributed by atoms with Crippen LogP contribution in [0, 0.1) is 11.8 Å². The molecule has 0 spiro atoms. The Balaban J connectivity index is 2.30. The van der Waals surface area contributed by atoms with Crippen LogP contribution in [-0.2, 0) is 0 Å². The normalized spacial score (nSPS) is 30.5. The highest BCUT2D eigenvalue weighted by Crippen LogP contribution is 2.40.